The number of aryl methyl sites for hydroxylation is 2. The maximum Gasteiger partial charge on any atom is 0.329 e. The third-order valence-corrected chi connectivity index (χ3v) is 8.71. The molecular weight excluding hydrogens is 547 g/mol. The third-order valence-electron chi connectivity index (χ3n) is 7.67. The number of hydrogen-bond donors (Lipinski definition) is 2. The average Bonchev–Trinajstić information content (AvgIpc) is 3.40. The molecule has 2 saturated heterocycles. The largest absolute Gasteiger partial charge is 0.480 e. The van der Waals surface area contributed by atoms with Gasteiger partial charge in [0.25, 0.3) is 0 Å². The Morgan fingerprint density at radius 2 is 1.58 bits per heavy atom. The molecule has 0 radical (unpaired) electrons. The minimum absolute atomic E-state index is 0.142. The van der Waals surface area contributed by atoms with Gasteiger partial charge < -0.3 is 5.11 Å². The van der Waals surface area contributed by atoms with Crippen molar-refractivity contribution in [3.05, 3.63) is 98.0 Å². The van der Waals surface area contributed by atoms with Crippen molar-refractivity contribution >= 4 is 58.3 Å². The Morgan fingerprint density at radius 1 is 0.947 bits per heavy atom. The van der Waals surface area contributed by atoms with Crippen LogP contribution in [0, 0.1) is 11.8 Å². The number of carboxylic acids is 1. The van der Waals surface area contributed by atoms with E-state index < -0.39 is 41.2 Å². The number of nitrogens with zero attached hydrogens (tertiary/aromatic N) is 1. The lowest BCUT2D eigenvalue weighted by molar-refractivity contribution is -0.149. The van der Waals surface area contributed by atoms with E-state index in [2.05, 4.69) is 5.32 Å². The van der Waals surface area contributed by atoms with Gasteiger partial charge >= 0.3 is 5.97 Å². The van der Waals surface area contributed by atoms with Gasteiger partial charge in [0.1, 0.15) is 0 Å². The van der Waals surface area contributed by atoms with Crippen LogP contribution in [0.25, 0.3) is 0 Å². The molecule has 2 aliphatic rings. The first-order valence-corrected chi connectivity index (χ1v) is 13.5. The highest BCUT2D eigenvalue weighted by Crippen LogP contribution is 2.55. The fraction of sp³-hybridized carbons (Fsp3) is 0.276. The number of carbonyl (C=O) groups excluding carboxylic acids is 2. The second kappa shape index (κ2) is 10.0. The molecule has 196 valence electrons. The summed E-state index contributed by atoms with van der Waals surface area (Å²) in [4.78, 5) is 43.0. The summed E-state index contributed by atoms with van der Waals surface area (Å²) in [5, 5.41) is 14.5. The van der Waals surface area contributed by atoms with Crippen molar-refractivity contribution in [3.8, 4) is 0 Å². The first-order valence-electron chi connectivity index (χ1n) is 12.4. The highest BCUT2D eigenvalue weighted by atomic mass is 35.5. The molecule has 5 rings (SSSR count). The number of imide groups is 1. The molecule has 2 heterocycles. The Kier molecular flexibility index (Phi) is 7.03. The van der Waals surface area contributed by atoms with Gasteiger partial charge in [-0.3, -0.25) is 14.9 Å². The van der Waals surface area contributed by atoms with Gasteiger partial charge in [-0.1, -0.05) is 97.2 Å². The van der Waals surface area contributed by atoms with Crippen molar-refractivity contribution in [1.29, 1.82) is 0 Å². The van der Waals surface area contributed by atoms with E-state index in [0.29, 0.717) is 29.7 Å². The minimum Gasteiger partial charge on any atom is -0.480 e. The predicted molar refractivity (Wildman–Crippen MR) is 148 cm³/mol. The molecule has 2 N–H and O–H groups in total. The molecule has 0 saturated carbocycles. The van der Waals surface area contributed by atoms with Crippen LogP contribution in [-0.2, 0) is 32.8 Å². The highest BCUT2D eigenvalue weighted by molar-refractivity contribution is 6.43. The maximum atomic E-state index is 14.3. The van der Waals surface area contributed by atoms with Crippen LogP contribution in [0.3, 0.4) is 0 Å². The standard InChI is InChI=1S/C29H25Cl3N2O4/c1-3-15-9-8-10-16(4-2)25(15)34-26(35)21-22(27(34)36)29(28(37)38,17-11-6-5-7-12-17)33-24(21)19-13-18(30)14-20(31)23(19)32/h5-14,21-22,24,33H,3-4H2,1-2H3,(H,37,38). The lowest BCUT2D eigenvalue weighted by Crippen LogP contribution is -2.53. The summed E-state index contributed by atoms with van der Waals surface area (Å²) in [7, 11) is 0. The van der Waals surface area contributed by atoms with Crippen molar-refractivity contribution in [2.45, 2.75) is 38.3 Å². The van der Waals surface area contributed by atoms with E-state index in [0.717, 1.165) is 11.1 Å². The van der Waals surface area contributed by atoms with Gasteiger partial charge in [-0.2, -0.15) is 0 Å². The van der Waals surface area contributed by atoms with Gasteiger partial charge in [0.05, 0.1) is 27.6 Å². The number of para-hydroxylation sites is 1. The van der Waals surface area contributed by atoms with E-state index >= 15 is 0 Å². The van der Waals surface area contributed by atoms with Crippen LogP contribution in [0.1, 0.15) is 42.1 Å². The quantitative estimate of drug-likeness (QED) is 0.272. The number of hydrogen-bond acceptors (Lipinski definition) is 4. The Labute approximate surface area is 235 Å². The van der Waals surface area contributed by atoms with E-state index in [4.69, 9.17) is 34.8 Å². The SMILES string of the molecule is CCc1cccc(CC)c1N1C(=O)C2C(c3cc(Cl)cc(Cl)c3Cl)NC(C(=O)O)(c3ccccc3)C2C1=O. The lowest BCUT2D eigenvalue weighted by atomic mass is 9.75. The summed E-state index contributed by atoms with van der Waals surface area (Å²) in [6.07, 6.45) is 1.19. The summed E-state index contributed by atoms with van der Waals surface area (Å²) < 4.78 is 0. The molecule has 4 unspecified atom stereocenters. The molecule has 9 heteroatoms. The molecular formula is C29H25Cl3N2O4. The number of halogens is 3. The fourth-order valence-corrected chi connectivity index (χ4v) is 6.72. The molecule has 0 aliphatic carbocycles. The van der Waals surface area contributed by atoms with E-state index in [9.17, 15) is 19.5 Å². The molecule has 0 aromatic heterocycles. The van der Waals surface area contributed by atoms with E-state index in [1.54, 1.807) is 36.4 Å². The number of rotatable bonds is 6. The van der Waals surface area contributed by atoms with Gasteiger partial charge in [-0.05, 0) is 47.2 Å². The van der Waals surface area contributed by atoms with Gasteiger partial charge in [0.15, 0.2) is 5.54 Å². The fourth-order valence-electron chi connectivity index (χ4n) is 5.99. The van der Waals surface area contributed by atoms with E-state index in [1.807, 2.05) is 32.0 Å². The first-order chi connectivity index (χ1) is 18.2. The summed E-state index contributed by atoms with van der Waals surface area (Å²) >= 11 is 19.2. The molecule has 2 fully saturated rings. The average molecular weight is 572 g/mol. The van der Waals surface area contributed by atoms with Crippen molar-refractivity contribution in [1.82, 2.24) is 5.32 Å². The minimum atomic E-state index is -1.90. The van der Waals surface area contributed by atoms with Crippen LogP contribution < -0.4 is 10.2 Å². The monoisotopic (exact) mass is 570 g/mol. The van der Waals surface area contributed by atoms with Crippen LogP contribution >= 0.6 is 34.8 Å². The summed E-state index contributed by atoms with van der Waals surface area (Å²) in [6, 6.07) is 16.2. The van der Waals surface area contributed by atoms with Crippen LogP contribution in [0.15, 0.2) is 60.7 Å². The number of anilines is 1. The second-order valence-corrected chi connectivity index (χ2v) is 10.8. The number of carboxylic acid groups (broad SMARTS) is 1. The van der Waals surface area contributed by atoms with E-state index in [1.165, 1.54) is 11.0 Å². The Balaban J connectivity index is 1.79. The molecule has 38 heavy (non-hydrogen) atoms. The van der Waals surface area contributed by atoms with Crippen LogP contribution in [0.4, 0.5) is 5.69 Å². The van der Waals surface area contributed by atoms with Crippen LogP contribution in [0.2, 0.25) is 15.1 Å². The predicted octanol–water partition coefficient (Wildman–Crippen LogP) is 6.20. The third kappa shape index (κ3) is 3.85. The van der Waals surface area contributed by atoms with Gasteiger partial charge in [0, 0.05) is 11.1 Å². The number of nitrogens with one attached hydrogen (secondary N) is 1. The number of amides is 2. The van der Waals surface area contributed by atoms with Crippen molar-refractivity contribution < 1.29 is 19.5 Å². The summed E-state index contributed by atoms with van der Waals surface area (Å²) in [6.45, 7) is 3.90. The lowest BCUT2D eigenvalue weighted by Gasteiger charge is -2.32. The van der Waals surface area contributed by atoms with Gasteiger partial charge in [-0.15, -0.1) is 0 Å². The molecule has 0 bridgehead atoms. The Morgan fingerprint density at radius 3 is 2.16 bits per heavy atom. The normalized spacial score (nSPS) is 24.7. The highest BCUT2D eigenvalue weighted by Gasteiger charge is 2.69. The van der Waals surface area contributed by atoms with Crippen molar-refractivity contribution in [3.63, 3.8) is 0 Å². The zero-order chi connectivity index (χ0) is 27.4. The number of benzene rings is 3. The Bertz CT molecular complexity index is 1440. The number of carbonyl (C=O) groups is 3. The van der Waals surface area contributed by atoms with Crippen molar-refractivity contribution in [2.24, 2.45) is 11.8 Å². The maximum absolute atomic E-state index is 14.3. The Hall–Kier alpha value is -2.90. The van der Waals surface area contributed by atoms with Crippen molar-refractivity contribution in [2.75, 3.05) is 4.90 Å². The zero-order valence-corrected chi connectivity index (χ0v) is 22.9. The molecule has 4 atom stereocenters. The molecule has 6 nitrogen and oxygen atoms in total. The van der Waals surface area contributed by atoms with Crippen LogP contribution in [-0.4, -0.2) is 22.9 Å². The molecule has 2 aliphatic heterocycles. The molecule has 3 aromatic carbocycles. The smallest absolute Gasteiger partial charge is 0.329 e. The second-order valence-electron chi connectivity index (χ2n) is 9.54. The molecule has 3 aromatic rings. The summed E-state index contributed by atoms with van der Waals surface area (Å²) in [5.74, 6) is -4.64. The topological polar surface area (TPSA) is 86.7 Å². The molecule has 0 spiro atoms. The first kappa shape index (κ1) is 26.7. The number of aliphatic carboxylic acids is 1. The molecule has 2 amide bonds. The van der Waals surface area contributed by atoms with Crippen LogP contribution in [0.5, 0.6) is 0 Å². The van der Waals surface area contributed by atoms with Gasteiger partial charge in [-0.25, -0.2) is 9.69 Å². The van der Waals surface area contributed by atoms with E-state index in [-0.39, 0.29) is 15.1 Å². The summed E-state index contributed by atoms with van der Waals surface area (Å²) in [5.41, 5.74) is 1.02. The number of fused-ring (bicyclic) bond motifs is 1. The zero-order valence-electron chi connectivity index (χ0n) is 20.7. The van der Waals surface area contributed by atoms with Gasteiger partial charge in [0.2, 0.25) is 11.8 Å².